The summed E-state index contributed by atoms with van der Waals surface area (Å²) in [5, 5.41) is 10.9. The molecule has 4 heterocycles. The lowest BCUT2D eigenvalue weighted by molar-refractivity contribution is 0.102. The van der Waals surface area contributed by atoms with E-state index >= 15 is 0 Å². The second-order valence-corrected chi connectivity index (χ2v) is 7.41. The summed E-state index contributed by atoms with van der Waals surface area (Å²) < 4.78 is 6.95. The van der Waals surface area contributed by atoms with Crippen molar-refractivity contribution < 1.29 is 14.3 Å². The van der Waals surface area contributed by atoms with Gasteiger partial charge in [-0.3, -0.25) is 14.7 Å². The fourth-order valence-electron chi connectivity index (χ4n) is 3.36. The van der Waals surface area contributed by atoms with Crippen molar-refractivity contribution in [2.24, 2.45) is 0 Å². The number of amides is 2. The minimum absolute atomic E-state index is 0.176. The van der Waals surface area contributed by atoms with Crippen molar-refractivity contribution in [2.45, 2.75) is 39.9 Å². The van der Waals surface area contributed by atoms with Crippen LogP contribution in [-0.2, 0) is 17.8 Å². The SMILES string of the molecule is CCOC(=O)N1Cc2cnc(C(=O)Nc3cccc(-c4nncn4C(C)C)n3)cc2C1. The van der Waals surface area contributed by atoms with E-state index in [0.717, 1.165) is 11.1 Å². The van der Waals surface area contributed by atoms with Gasteiger partial charge in [0, 0.05) is 18.8 Å². The van der Waals surface area contributed by atoms with Crippen LogP contribution in [0.4, 0.5) is 10.6 Å². The van der Waals surface area contributed by atoms with E-state index in [1.807, 2.05) is 24.5 Å². The highest BCUT2D eigenvalue weighted by molar-refractivity contribution is 6.02. The van der Waals surface area contributed by atoms with Gasteiger partial charge in [-0.25, -0.2) is 9.78 Å². The lowest BCUT2D eigenvalue weighted by Gasteiger charge is -2.13. The van der Waals surface area contributed by atoms with Gasteiger partial charge in [0.05, 0.1) is 13.2 Å². The number of aromatic nitrogens is 5. The normalized spacial score (nSPS) is 12.7. The molecule has 4 rings (SSSR count). The van der Waals surface area contributed by atoms with Crippen LogP contribution in [0, 0.1) is 0 Å². The van der Waals surface area contributed by atoms with Crippen LogP contribution >= 0.6 is 0 Å². The number of pyridine rings is 2. The first kappa shape index (κ1) is 20.5. The molecular formula is C21H23N7O3. The molecule has 0 aliphatic carbocycles. The summed E-state index contributed by atoms with van der Waals surface area (Å²) >= 11 is 0. The van der Waals surface area contributed by atoms with Crippen molar-refractivity contribution in [3.8, 4) is 11.5 Å². The molecule has 0 spiro atoms. The molecule has 160 valence electrons. The van der Waals surface area contributed by atoms with Gasteiger partial charge >= 0.3 is 6.09 Å². The topological polar surface area (TPSA) is 115 Å². The maximum atomic E-state index is 12.8. The number of hydrogen-bond donors (Lipinski definition) is 1. The summed E-state index contributed by atoms with van der Waals surface area (Å²) in [4.78, 5) is 35.0. The molecule has 1 aliphatic heterocycles. The number of carbonyl (C=O) groups is 2. The monoisotopic (exact) mass is 421 g/mol. The molecule has 10 heteroatoms. The van der Waals surface area contributed by atoms with Gasteiger partial charge in [0.1, 0.15) is 23.5 Å². The molecule has 0 aromatic carbocycles. The zero-order chi connectivity index (χ0) is 22.0. The number of ether oxygens (including phenoxy) is 1. The minimum Gasteiger partial charge on any atom is -0.450 e. The average molecular weight is 421 g/mol. The molecular weight excluding hydrogens is 398 g/mol. The van der Waals surface area contributed by atoms with Gasteiger partial charge in [-0.1, -0.05) is 6.07 Å². The first-order valence-corrected chi connectivity index (χ1v) is 10.0. The van der Waals surface area contributed by atoms with Crippen molar-refractivity contribution >= 4 is 17.8 Å². The summed E-state index contributed by atoms with van der Waals surface area (Å²) in [6.45, 7) is 6.94. The Balaban J connectivity index is 1.50. The summed E-state index contributed by atoms with van der Waals surface area (Å²) in [7, 11) is 0. The lowest BCUT2D eigenvalue weighted by Crippen LogP contribution is -2.25. The van der Waals surface area contributed by atoms with Crippen LogP contribution in [0.25, 0.3) is 11.5 Å². The van der Waals surface area contributed by atoms with E-state index in [4.69, 9.17) is 4.74 Å². The van der Waals surface area contributed by atoms with Gasteiger partial charge in [0.25, 0.3) is 5.91 Å². The maximum Gasteiger partial charge on any atom is 0.410 e. The highest BCUT2D eigenvalue weighted by atomic mass is 16.6. The zero-order valence-electron chi connectivity index (χ0n) is 17.6. The third-order valence-electron chi connectivity index (χ3n) is 4.91. The molecule has 10 nitrogen and oxygen atoms in total. The molecule has 2 amide bonds. The fourth-order valence-corrected chi connectivity index (χ4v) is 3.36. The Morgan fingerprint density at radius 3 is 2.81 bits per heavy atom. The van der Waals surface area contributed by atoms with Gasteiger partial charge in [0.15, 0.2) is 5.82 Å². The Hall–Kier alpha value is -3.82. The van der Waals surface area contributed by atoms with E-state index in [0.29, 0.717) is 37.0 Å². The molecule has 3 aromatic heterocycles. The van der Waals surface area contributed by atoms with E-state index < -0.39 is 0 Å². The van der Waals surface area contributed by atoms with E-state index in [1.54, 1.807) is 42.5 Å². The second kappa shape index (κ2) is 8.50. The Bertz CT molecular complexity index is 1130. The van der Waals surface area contributed by atoms with E-state index in [1.165, 1.54) is 0 Å². The van der Waals surface area contributed by atoms with Crippen LogP contribution < -0.4 is 5.32 Å². The molecule has 0 radical (unpaired) electrons. The molecule has 0 fully saturated rings. The third kappa shape index (κ3) is 4.23. The van der Waals surface area contributed by atoms with Gasteiger partial charge in [0.2, 0.25) is 0 Å². The number of hydrogen-bond acceptors (Lipinski definition) is 7. The van der Waals surface area contributed by atoms with Crippen molar-refractivity contribution in [3.05, 3.63) is 53.6 Å². The Morgan fingerprint density at radius 1 is 1.23 bits per heavy atom. The first-order valence-electron chi connectivity index (χ1n) is 10.0. The molecule has 31 heavy (non-hydrogen) atoms. The molecule has 3 aromatic rings. The van der Waals surface area contributed by atoms with Gasteiger partial charge in [-0.15, -0.1) is 10.2 Å². The smallest absolute Gasteiger partial charge is 0.410 e. The van der Waals surface area contributed by atoms with E-state index in [-0.39, 0.29) is 23.7 Å². The number of nitrogens with zero attached hydrogens (tertiary/aromatic N) is 6. The molecule has 0 saturated carbocycles. The zero-order valence-corrected chi connectivity index (χ0v) is 17.6. The number of anilines is 1. The standard InChI is InChI=1S/C21H23N7O3/c1-4-31-21(30)27-10-14-8-17(22-9-15(14)11-27)20(29)25-18-7-5-6-16(24-18)19-26-23-12-28(19)13(2)3/h5-9,12-13H,4,10-11H2,1-3H3,(H,24,25,29). The van der Waals surface area contributed by atoms with E-state index in [2.05, 4.69) is 25.5 Å². The van der Waals surface area contributed by atoms with Crippen molar-refractivity contribution in [3.63, 3.8) is 0 Å². The summed E-state index contributed by atoms with van der Waals surface area (Å²) in [5.74, 6) is 0.629. The van der Waals surface area contributed by atoms with Crippen LogP contribution in [0.3, 0.4) is 0 Å². The predicted molar refractivity (Wildman–Crippen MR) is 112 cm³/mol. The lowest BCUT2D eigenvalue weighted by atomic mass is 10.1. The average Bonchev–Trinajstić information content (AvgIpc) is 3.41. The van der Waals surface area contributed by atoms with Gasteiger partial charge in [-0.2, -0.15) is 0 Å². The van der Waals surface area contributed by atoms with Gasteiger partial charge in [-0.05, 0) is 50.1 Å². The summed E-state index contributed by atoms with van der Waals surface area (Å²) in [6, 6.07) is 7.19. The van der Waals surface area contributed by atoms with Crippen molar-refractivity contribution in [1.29, 1.82) is 0 Å². The van der Waals surface area contributed by atoms with Crippen LogP contribution in [0.15, 0.2) is 36.8 Å². The Kier molecular flexibility index (Phi) is 5.61. The van der Waals surface area contributed by atoms with Crippen LogP contribution in [0.1, 0.15) is 48.4 Å². The van der Waals surface area contributed by atoms with Crippen LogP contribution in [-0.4, -0.2) is 48.2 Å². The predicted octanol–water partition coefficient (Wildman–Crippen LogP) is 3.04. The largest absolute Gasteiger partial charge is 0.450 e. The molecule has 1 N–H and O–H groups in total. The third-order valence-corrected chi connectivity index (χ3v) is 4.91. The molecule has 0 unspecified atom stereocenters. The van der Waals surface area contributed by atoms with Crippen LogP contribution in [0.5, 0.6) is 0 Å². The quantitative estimate of drug-likeness (QED) is 0.673. The maximum absolute atomic E-state index is 12.8. The first-order chi connectivity index (χ1) is 15.0. The Morgan fingerprint density at radius 2 is 2.03 bits per heavy atom. The highest BCUT2D eigenvalue weighted by Gasteiger charge is 2.26. The molecule has 1 aliphatic rings. The fraction of sp³-hybridized carbons (Fsp3) is 0.333. The number of fused-ring (bicyclic) bond motifs is 1. The van der Waals surface area contributed by atoms with Gasteiger partial charge < -0.3 is 14.6 Å². The highest BCUT2D eigenvalue weighted by Crippen LogP contribution is 2.24. The van der Waals surface area contributed by atoms with Crippen molar-refractivity contribution in [1.82, 2.24) is 29.6 Å². The molecule has 0 saturated heterocycles. The molecule has 0 atom stereocenters. The Labute approximate surface area is 179 Å². The summed E-state index contributed by atoms with van der Waals surface area (Å²) in [6.07, 6.45) is 2.90. The van der Waals surface area contributed by atoms with Crippen molar-refractivity contribution in [2.75, 3.05) is 11.9 Å². The number of nitrogens with one attached hydrogen (secondary N) is 1. The minimum atomic E-state index is -0.382. The second-order valence-electron chi connectivity index (χ2n) is 7.41. The number of rotatable bonds is 5. The summed E-state index contributed by atoms with van der Waals surface area (Å²) in [5.41, 5.74) is 2.63. The van der Waals surface area contributed by atoms with Crippen LogP contribution in [0.2, 0.25) is 0 Å². The van der Waals surface area contributed by atoms with E-state index in [9.17, 15) is 9.59 Å². The number of carbonyl (C=O) groups excluding carboxylic acids is 2. The molecule has 0 bridgehead atoms.